The molecule has 0 atom stereocenters. The SMILES string of the molecule is OCc1ccc(Cn2c(CN3CCNCC3)nc3ccccc32)o1. The standard InChI is InChI=1S/C18H22N4O2/c23-13-15-6-5-14(24-15)11-22-17-4-2-1-3-16(17)20-18(22)12-21-9-7-19-8-10-21/h1-6,19,23H,7-13H2. The molecule has 4 rings (SSSR count). The molecule has 1 fully saturated rings. The van der Waals surface area contributed by atoms with E-state index in [2.05, 4.69) is 20.9 Å². The van der Waals surface area contributed by atoms with Gasteiger partial charge < -0.3 is 19.4 Å². The van der Waals surface area contributed by atoms with E-state index in [9.17, 15) is 5.11 Å². The monoisotopic (exact) mass is 326 g/mol. The first-order valence-electron chi connectivity index (χ1n) is 8.39. The summed E-state index contributed by atoms with van der Waals surface area (Å²) in [7, 11) is 0. The highest BCUT2D eigenvalue weighted by atomic mass is 16.4. The van der Waals surface area contributed by atoms with Crippen LogP contribution in [0.15, 0.2) is 40.8 Å². The zero-order chi connectivity index (χ0) is 16.4. The van der Waals surface area contributed by atoms with E-state index in [1.54, 1.807) is 0 Å². The van der Waals surface area contributed by atoms with Gasteiger partial charge in [-0.1, -0.05) is 12.1 Å². The van der Waals surface area contributed by atoms with E-state index in [-0.39, 0.29) is 6.61 Å². The van der Waals surface area contributed by atoms with Crippen LogP contribution < -0.4 is 5.32 Å². The van der Waals surface area contributed by atoms with E-state index in [0.717, 1.165) is 55.3 Å². The van der Waals surface area contributed by atoms with Crippen LogP contribution in [-0.4, -0.2) is 45.7 Å². The largest absolute Gasteiger partial charge is 0.462 e. The Hall–Kier alpha value is -2.15. The molecule has 0 saturated carbocycles. The fourth-order valence-electron chi connectivity index (χ4n) is 3.24. The first kappa shape index (κ1) is 15.4. The lowest BCUT2D eigenvalue weighted by molar-refractivity contribution is 0.224. The van der Waals surface area contributed by atoms with Gasteiger partial charge in [-0.25, -0.2) is 4.98 Å². The van der Waals surface area contributed by atoms with Crippen molar-refractivity contribution in [2.45, 2.75) is 19.7 Å². The molecule has 3 aromatic rings. The number of rotatable bonds is 5. The van der Waals surface area contributed by atoms with E-state index in [1.807, 2.05) is 30.3 Å². The summed E-state index contributed by atoms with van der Waals surface area (Å²) < 4.78 is 7.90. The van der Waals surface area contributed by atoms with Crippen LogP contribution in [0, 0.1) is 0 Å². The molecule has 126 valence electrons. The van der Waals surface area contributed by atoms with Crippen molar-refractivity contribution >= 4 is 11.0 Å². The second-order valence-electron chi connectivity index (χ2n) is 6.16. The highest BCUT2D eigenvalue weighted by Gasteiger charge is 2.17. The zero-order valence-electron chi connectivity index (χ0n) is 13.6. The van der Waals surface area contributed by atoms with Crippen molar-refractivity contribution in [1.29, 1.82) is 0 Å². The molecular formula is C18H22N4O2. The number of benzene rings is 1. The fraction of sp³-hybridized carbons (Fsp3) is 0.389. The van der Waals surface area contributed by atoms with Gasteiger partial charge >= 0.3 is 0 Å². The normalized spacial score (nSPS) is 16.0. The Bertz CT molecular complexity index is 817. The Morgan fingerprint density at radius 3 is 2.62 bits per heavy atom. The molecule has 0 amide bonds. The molecule has 3 heterocycles. The van der Waals surface area contributed by atoms with E-state index in [1.165, 1.54) is 0 Å². The van der Waals surface area contributed by atoms with E-state index >= 15 is 0 Å². The van der Waals surface area contributed by atoms with Crippen molar-refractivity contribution in [2.24, 2.45) is 0 Å². The van der Waals surface area contributed by atoms with Crippen molar-refractivity contribution in [1.82, 2.24) is 19.8 Å². The fourth-order valence-corrected chi connectivity index (χ4v) is 3.24. The number of imidazole rings is 1. The summed E-state index contributed by atoms with van der Waals surface area (Å²) in [5, 5.41) is 12.6. The zero-order valence-corrected chi connectivity index (χ0v) is 13.6. The first-order valence-corrected chi connectivity index (χ1v) is 8.39. The molecule has 1 aliphatic heterocycles. The number of aliphatic hydroxyl groups is 1. The van der Waals surface area contributed by atoms with E-state index < -0.39 is 0 Å². The van der Waals surface area contributed by atoms with Crippen molar-refractivity contribution in [3.8, 4) is 0 Å². The molecular weight excluding hydrogens is 304 g/mol. The predicted octanol–water partition coefficient (Wildman–Crippen LogP) is 1.58. The van der Waals surface area contributed by atoms with Crippen LogP contribution in [0.3, 0.4) is 0 Å². The Kier molecular flexibility index (Phi) is 4.34. The number of fused-ring (bicyclic) bond motifs is 1. The van der Waals surface area contributed by atoms with E-state index in [0.29, 0.717) is 12.3 Å². The van der Waals surface area contributed by atoms with Crippen molar-refractivity contribution in [2.75, 3.05) is 26.2 Å². The van der Waals surface area contributed by atoms with Gasteiger partial charge in [-0.05, 0) is 24.3 Å². The molecule has 1 aliphatic rings. The van der Waals surface area contributed by atoms with Gasteiger partial charge in [0.2, 0.25) is 0 Å². The van der Waals surface area contributed by atoms with Crippen LogP contribution in [0.4, 0.5) is 0 Å². The van der Waals surface area contributed by atoms with Crippen LogP contribution in [-0.2, 0) is 19.7 Å². The molecule has 0 bridgehead atoms. The van der Waals surface area contributed by atoms with Gasteiger partial charge in [-0.2, -0.15) is 0 Å². The number of piperazine rings is 1. The Balaban J connectivity index is 1.66. The molecule has 1 saturated heterocycles. The smallest absolute Gasteiger partial charge is 0.129 e. The summed E-state index contributed by atoms with van der Waals surface area (Å²) in [4.78, 5) is 7.27. The summed E-state index contributed by atoms with van der Waals surface area (Å²) in [5.41, 5.74) is 2.13. The highest BCUT2D eigenvalue weighted by Crippen LogP contribution is 2.20. The molecule has 0 unspecified atom stereocenters. The summed E-state index contributed by atoms with van der Waals surface area (Å²) in [6.45, 7) is 5.53. The molecule has 2 N–H and O–H groups in total. The van der Waals surface area contributed by atoms with Gasteiger partial charge in [0.1, 0.15) is 24.0 Å². The lowest BCUT2D eigenvalue weighted by Crippen LogP contribution is -2.43. The number of hydrogen-bond donors (Lipinski definition) is 2. The maximum Gasteiger partial charge on any atom is 0.129 e. The lowest BCUT2D eigenvalue weighted by atomic mass is 10.3. The quantitative estimate of drug-likeness (QED) is 0.745. The third kappa shape index (κ3) is 3.08. The van der Waals surface area contributed by atoms with Crippen molar-refractivity contribution in [3.05, 3.63) is 53.7 Å². The number of nitrogens with zero attached hydrogens (tertiary/aromatic N) is 3. The second kappa shape index (κ2) is 6.76. The minimum atomic E-state index is -0.0711. The molecule has 1 aromatic carbocycles. The molecule has 24 heavy (non-hydrogen) atoms. The maximum atomic E-state index is 9.19. The molecule has 6 nitrogen and oxygen atoms in total. The number of para-hydroxylation sites is 2. The molecule has 2 aromatic heterocycles. The number of nitrogens with one attached hydrogen (secondary N) is 1. The summed E-state index contributed by atoms with van der Waals surface area (Å²) in [5.74, 6) is 2.49. The predicted molar refractivity (Wildman–Crippen MR) is 91.6 cm³/mol. The molecule has 0 spiro atoms. The van der Waals surface area contributed by atoms with Gasteiger partial charge in [0.15, 0.2) is 0 Å². The summed E-state index contributed by atoms with van der Waals surface area (Å²) in [6.07, 6.45) is 0. The van der Waals surface area contributed by atoms with Crippen molar-refractivity contribution in [3.63, 3.8) is 0 Å². The highest BCUT2D eigenvalue weighted by molar-refractivity contribution is 5.76. The first-order chi connectivity index (χ1) is 11.8. The number of furan rings is 1. The van der Waals surface area contributed by atoms with Crippen LogP contribution in [0.2, 0.25) is 0 Å². The third-order valence-electron chi connectivity index (χ3n) is 4.50. The van der Waals surface area contributed by atoms with E-state index in [4.69, 9.17) is 9.40 Å². The van der Waals surface area contributed by atoms with Crippen LogP contribution in [0.5, 0.6) is 0 Å². The third-order valence-corrected chi connectivity index (χ3v) is 4.50. The molecule has 6 heteroatoms. The van der Waals surface area contributed by atoms with Crippen LogP contribution >= 0.6 is 0 Å². The van der Waals surface area contributed by atoms with Gasteiger partial charge in [-0.3, -0.25) is 4.90 Å². The minimum Gasteiger partial charge on any atom is -0.462 e. The summed E-state index contributed by atoms with van der Waals surface area (Å²) >= 11 is 0. The van der Waals surface area contributed by atoms with Crippen LogP contribution in [0.25, 0.3) is 11.0 Å². The Morgan fingerprint density at radius 1 is 1.04 bits per heavy atom. The van der Waals surface area contributed by atoms with Gasteiger partial charge in [0.05, 0.1) is 24.1 Å². The number of aromatic nitrogens is 2. The minimum absolute atomic E-state index is 0.0711. The Labute approximate surface area is 140 Å². The maximum absolute atomic E-state index is 9.19. The molecule has 0 aliphatic carbocycles. The Morgan fingerprint density at radius 2 is 1.83 bits per heavy atom. The topological polar surface area (TPSA) is 66.5 Å². The number of hydrogen-bond acceptors (Lipinski definition) is 5. The van der Waals surface area contributed by atoms with Crippen molar-refractivity contribution < 1.29 is 9.52 Å². The van der Waals surface area contributed by atoms with Crippen LogP contribution in [0.1, 0.15) is 17.3 Å². The molecule has 0 radical (unpaired) electrons. The summed E-state index contributed by atoms with van der Waals surface area (Å²) in [6, 6.07) is 12.0. The average molecular weight is 326 g/mol. The lowest BCUT2D eigenvalue weighted by Gasteiger charge is -2.26. The van der Waals surface area contributed by atoms with Gasteiger partial charge in [-0.15, -0.1) is 0 Å². The number of aliphatic hydroxyl groups excluding tert-OH is 1. The van der Waals surface area contributed by atoms with Gasteiger partial charge in [0.25, 0.3) is 0 Å². The average Bonchev–Trinajstić information content (AvgIpc) is 3.21. The van der Waals surface area contributed by atoms with Gasteiger partial charge in [0, 0.05) is 26.2 Å². The second-order valence-corrected chi connectivity index (χ2v) is 6.16.